The van der Waals surface area contributed by atoms with Crippen LogP contribution in [0.5, 0.6) is 0 Å². The molecule has 0 aliphatic carbocycles. The van der Waals surface area contributed by atoms with Gasteiger partial charge in [-0.15, -0.1) is 0 Å². The molecule has 8 heteroatoms. The first-order valence-electron chi connectivity index (χ1n) is 10.8. The Morgan fingerprint density at radius 2 is 1.71 bits per heavy atom. The van der Waals surface area contributed by atoms with Crippen LogP contribution in [-0.4, -0.2) is 65.2 Å². The second-order valence-corrected chi connectivity index (χ2v) is 11.0. The Labute approximate surface area is 168 Å². The Balaban J connectivity index is 1.40. The van der Waals surface area contributed by atoms with Crippen LogP contribution < -0.4 is 0 Å². The summed E-state index contributed by atoms with van der Waals surface area (Å²) >= 11 is 0. The van der Waals surface area contributed by atoms with Crippen molar-refractivity contribution in [2.45, 2.75) is 81.6 Å². The summed E-state index contributed by atoms with van der Waals surface area (Å²) in [6.07, 6.45) is 7.16. The third-order valence-corrected chi connectivity index (χ3v) is 9.55. The lowest BCUT2D eigenvalue weighted by atomic mass is 9.93. The second kappa shape index (κ2) is 7.07. The van der Waals surface area contributed by atoms with Gasteiger partial charge in [0.15, 0.2) is 5.03 Å². The zero-order valence-corrected chi connectivity index (χ0v) is 17.8. The number of ether oxygens (including phenoxy) is 1. The van der Waals surface area contributed by atoms with Gasteiger partial charge in [-0.2, -0.15) is 9.40 Å². The third kappa shape index (κ3) is 3.04. The highest BCUT2D eigenvalue weighted by Crippen LogP contribution is 2.42. The number of aryl methyl sites for hydroxylation is 1. The molecular weight excluding hydrogens is 376 g/mol. The van der Waals surface area contributed by atoms with Gasteiger partial charge in [-0.05, 0) is 57.5 Å². The van der Waals surface area contributed by atoms with E-state index in [1.807, 2.05) is 4.31 Å². The van der Waals surface area contributed by atoms with Gasteiger partial charge in [0.1, 0.15) is 0 Å². The first-order valence-corrected chi connectivity index (χ1v) is 12.3. The summed E-state index contributed by atoms with van der Waals surface area (Å²) in [7, 11) is -1.80. The van der Waals surface area contributed by atoms with Crippen LogP contribution >= 0.6 is 0 Å². The quantitative estimate of drug-likeness (QED) is 0.764. The van der Waals surface area contributed by atoms with Gasteiger partial charge in [0, 0.05) is 37.2 Å². The van der Waals surface area contributed by atoms with E-state index in [0.29, 0.717) is 30.7 Å². The van der Waals surface area contributed by atoms with Crippen LogP contribution in [0.2, 0.25) is 0 Å². The van der Waals surface area contributed by atoms with Crippen LogP contribution in [0.3, 0.4) is 0 Å². The molecule has 28 heavy (non-hydrogen) atoms. The van der Waals surface area contributed by atoms with Crippen LogP contribution in [0.15, 0.2) is 5.03 Å². The van der Waals surface area contributed by atoms with E-state index < -0.39 is 10.0 Å². The molecule has 0 saturated carbocycles. The second-order valence-electron chi connectivity index (χ2n) is 9.22. The summed E-state index contributed by atoms with van der Waals surface area (Å²) in [6, 6.07) is 0.798. The highest BCUT2D eigenvalue weighted by atomic mass is 32.2. The lowest BCUT2D eigenvalue weighted by Crippen LogP contribution is -2.53. The Bertz CT molecular complexity index is 830. The van der Waals surface area contributed by atoms with Crippen molar-refractivity contribution < 1.29 is 13.2 Å². The molecule has 3 fully saturated rings. The van der Waals surface area contributed by atoms with E-state index in [1.54, 1.807) is 11.7 Å². The molecule has 0 radical (unpaired) electrons. The number of fused-ring (bicyclic) bond motifs is 3. The van der Waals surface area contributed by atoms with Gasteiger partial charge >= 0.3 is 0 Å². The molecule has 0 N–H and O–H groups in total. The molecule has 0 amide bonds. The minimum atomic E-state index is -3.55. The van der Waals surface area contributed by atoms with Gasteiger partial charge in [-0.3, -0.25) is 4.68 Å². The van der Waals surface area contributed by atoms with Gasteiger partial charge < -0.3 is 9.64 Å². The lowest BCUT2D eigenvalue weighted by molar-refractivity contribution is 0.0755. The molecule has 2 unspecified atom stereocenters. The van der Waals surface area contributed by atoms with Crippen molar-refractivity contribution in [3.8, 4) is 0 Å². The molecule has 4 aliphatic heterocycles. The number of hydrogen-bond donors (Lipinski definition) is 0. The molecule has 156 valence electrons. The van der Waals surface area contributed by atoms with Gasteiger partial charge in [-0.1, -0.05) is 6.92 Å². The van der Waals surface area contributed by atoms with E-state index in [2.05, 4.69) is 16.9 Å². The Morgan fingerprint density at radius 1 is 1.04 bits per heavy atom. The van der Waals surface area contributed by atoms with Crippen LogP contribution in [0.25, 0.3) is 0 Å². The molecule has 5 rings (SSSR count). The van der Waals surface area contributed by atoms with E-state index in [9.17, 15) is 8.42 Å². The fraction of sp³-hybridized carbons (Fsp3) is 0.850. The van der Waals surface area contributed by atoms with E-state index in [1.165, 1.54) is 25.9 Å². The summed E-state index contributed by atoms with van der Waals surface area (Å²) in [4.78, 5) is 2.63. The van der Waals surface area contributed by atoms with Crippen molar-refractivity contribution in [3.63, 3.8) is 0 Å². The number of likely N-dealkylation sites (tertiary alicyclic amines) is 1. The fourth-order valence-corrected chi connectivity index (χ4v) is 8.14. The first kappa shape index (κ1) is 19.0. The largest absolute Gasteiger partial charge is 0.376 e. The minimum Gasteiger partial charge on any atom is -0.376 e. The smallest absolute Gasteiger partial charge is 0.261 e. The monoisotopic (exact) mass is 408 g/mol. The van der Waals surface area contributed by atoms with Crippen LogP contribution in [0.1, 0.15) is 56.7 Å². The molecule has 1 aromatic rings. The number of piperidine rings is 2. The Hall–Kier alpha value is -0.960. The zero-order valence-electron chi connectivity index (χ0n) is 17.0. The summed E-state index contributed by atoms with van der Waals surface area (Å²) in [5.74, 6) is 0.826. The van der Waals surface area contributed by atoms with Gasteiger partial charge in [0.25, 0.3) is 10.0 Å². The van der Waals surface area contributed by atoms with Crippen molar-refractivity contribution in [3.05, 3.63) is 11.3 Å². The predicted molar refractivity (Wildman–Crippen MR) is 105 cm³/mol. The summed E-state index contributed by atoms with van der Waals surface area (Å²) in [6.45, 7) is 5.66. The Kier molecular flexibility index (Phi) is 4.81. The van der Waals surface area contributed by atoms with Crippen molar-refractivity contribution in [1.82, 2.24) is 19.0 Å². The molecule has 0 spiro atoms. The number of rotatable bonds is 3. The van der Waals surface area contributed by atoms with Gasteiger partial charge in [0.05, 0.1) is 18.9 Å². The normalized spacial score (nSPS) is 32.6. The third-order valence-electron chi connectivity index (χ3n) is 7.40. The van der Waals surface area contributed by atoms with E-state index in [-0.39, 0.29) is 12.1 Å². The van der Waals surface area contributed by atoms with E-state index in [4.69, 9.17) is 4.74 Å². The summed E-state index contributed by atoms with van der Waals surface area (Å²) in [5, 5.41) is 4.87. The van der Waals surface area contributed by atoms with Crippen LogP contribution in [-0.2, 0) is 34.8 Å². The molecular formula is C20H32N4O3S. The molecule has 0 aromatic carbocycles. The highest BCUT2D eigenvalue weighted by molar-refractivity contribution is 7.89. The van der Waals surface area contributed by atoms with E-state index >= 15 is 0 Å². The maximum absolute atomic E-state index is 13.7. The average Bonchev–Trinajstić information content (AvgIpc) is 3.16. The topological polar surface area (TPSA) is 67.7 Å². The molecule has 7 nitrogen and oxygen atoms in total. The minimum absolute atomic E-state index is 0.128. The molecule has 5 heterocycles. The van der Waals surface area contributed by atoms with Gasteiger partial charge in [0.2, 0.25) is 0 Å². The standard InChI is InChI=1S/C20H32N4O3S/c1-14-5-8-23(9-6-14)17-11-15-3-4-16(12-17)24(15)28(25,26)20-18-13-27-10-7-19(18)21-22(20)2/h14-17H,3-13H2,1-2H3. The maximum Gasteiger partial charge on any atom is 0.261 e. The molecule has 1 aromatic heterocycles. The van der Waals surface area contributed by atoms with Crippen molar-refractivity contribution in [2.24, 2.45) is 13.0 Å². The number of hydrogen-bond acceptors (Lipinski definition) is 5. The molecule has 2 bridgehead atoms. The molecule has 2 atom stereocenters. The van der Waals surface area contributed by atoms with Crippen molar-refractivity contribution in [1.29, 1.82) is 0 Å². The highest BCUT2D eigenvalue weighted by Gasteiger charge is 2.50. The Morgan fingerprint density at radius 3 is 2.39 bits per heavy atom. The first-order chi connectivity index (χ1) is 13.4. The number of aromatic nitrogens is 2. The van der Waals surface area contributed by atoms with Crippen molar-refractivity contribution >= 4 is 10.0 Å². The predicted octanol–water partition coefficient (Wildman–Crippen LogP) is 1.91. The SMILES string of the molecule is CC1CCN(C2CC3CCC(C2)N3S(=O)(=O)c2c3c(nn2C)CCOC3)CC1. The van der Waals surface area contributed by atoms with E-state index in [0.717, 1.165) is 42.9 Å². The van der Waals surface area contributed by atoms with Crippen LogP contribution in [0.4, 0.5) is 0 Å². The number of nitrogens with zero attached hydrogens (tertiary/aromatic N) is 4. The zero-order chi connectivity index (χ0) is 19.5. The van der Waals surface area contributed by atoms with Crippen LogP contribution in [0, 0.1) is 5.92 Å². The molecule has 4 aliphatic rings. The number of sulfonamides is 1. The average molecular weight is 409 g/mol. The molecule has 3 saturated heterocycles. The lowest BCUT2D eigenvalue weighted by Gasteiger charge is -2.44. The van der Waals surface area contributed by atoms with Gasteiger partial charge in [-0.25, -0.2) is 8.42 Å². The summed E-state index contributed by atoms with van der Waals surface area (Å²) < 4.78 is 36.4. The van der Waals surface area contributed by atoms with Crippen molar-refractivity contribution in [2.75, 3.05) is 19.7 Å². The maximum atomic E-state index is 13.7. The fourth-order valence-electron chi connectivity index (χ4n) is 5.91. The summed E-state index contributed by atoms with van der Waals surface area (Å²) in [5.41, 5.74) is 1.66.